The summed E-state index contributed by atoms with van der Waals surface area (Å²) in [5.41, 5.74) is 9.67. The van der Waals surface area contributed by atoms with Crippen molar-refractivity contribution in [2.75, 3.05) is 6.54 Å². The summed E-state index contributed by atoms with van der Waals surface area (Å²) >= 11 is 0. The van der Waals surface area contributed by atoms with Crippen molar-refractivity contribution in [1.29, 1.82) is 5.26 Å². The maximum atomic E-state index is 8.98. The van der Waals surface area contributed by atoms with E-state index in [1.54, 1.807) is 12.1 Å². The third-order valence-electron chi connectivity index (χ3n) is 3.34. The molecule has 2 rings (SSSR count). The molecule has 0 saturated carbocycles. The summed E-state index contributed by atoms with van der Waals surface area (Å²) in [6.45, 7) is 4.39. The van der Waals surface area contributed by atoms with Crippen LogP contribution in [-0.4, -0.2) is 6.54 Å². The molecule has 0 radical (unpaired) electrons. The number of aryl methyl sites for hydroxylation is 2. The minimum Gasteiger partial charge on any atom is -0.484 e. The van der Waals surface area contributed by atoms with Crippen LogP contribution in [0.1, 0.15) is 28.4 Å². The molecule has 1 unspecified atom stereocenters. The number of nitriles is 1. The van der Waals surface area contributed by atoms with E-state index in [1.165, 1.54) is 0 Å². The molecular formula is C17H18N2O. The van der Waals surface area contributed by atoms with Crippen LogP contribution in [0, 0.1) is 25.2 Å². The lowest BCUT2D eigenvalue weighted by molar-refractivity contribution is 0.212. The third-order valence-corrected chi connectivity index (χ3v) is 3.34. The van der Waals surface area contributed by atoms with Gasteiger partial charge < -0.3 is 10.5 Å². The normalized spacial score (nSPS) is 11.7. The van der Waals surface area contributed by atoms with Gasteiger partial charge in [-0.1, -0.05) is 30.3 Å². The van der Waals surface area contributed by atoms with Crippen molar-refractivity contribution in [2.24, 2.45) is 5.73 Å². The van der Waals surface area contributed by atoms with Crippen molar-refractivity contribution < 1.29 is 4.74 Å². The molecule has 1 atom stereocenters. The number of rotatable bonds is 4. The fourth-order valence-electron chi connectivity index (χ4n) is 2.14. The molecule has 0 fully saturated rings. The largest absolute Gasteiger partial charge is 0.484 e. The summed E-state index contributed by atoms with van der Waals surface area (Å²) in [6, 6.07) is 15.6. The highest BCUT2D eigenvalue weighted by Gasteiger charge is 2.15. The molecule has 0 heterocycles. The Bertz CT molecular complexity index is 644. The Morgan fingerprint density at radius 3 is 2.55 bits per heavy atom. The van der Waals surface area contributed by atoms with Crippen LogP contribution in [0.15, 0.2) is 42.5 Å². The van der Waals surface area contributed by atoms with Gasteiger partial charge in [-0.3, -0.25) is 0 Å². The molecule has 2 aromatic rings. The maximum absolute atomic E-state index is 8.98. The minimum absolute atomic E-state index is 0.205. The van der Waals surface area contributed by atoms with E-state index in [1.807, 2.05) is 44.2 Å². The summed E-state index contributed by atoms with van der Waals surface area (Å²) in [5, 5.41) is 8.98. The maximum Gasteiger partial charge on any atom is 0.136 e. The zero-order valence-corrected chi connectivity index (χ0v) is 11.8. The standard InChI is InChI=1S/C17H18N2O/c1-12-5-3-4-6-15(12)17(11-19)20-16-9-14(10-18)8-7-13(16)2/h3-9,17H,11,19H2,1-2H3. The van der Waals surface area contributed by atoms with E-state index in [9.17, 15) is 0 Å². The van der Waals surface area contributed by atoms with Gasteiger partial charge in [-0.15, -0.1) is 0 Å². The molecule has 0 saturated heterocycles. The summed E-state index contributed by atoms with van der Waals surface area (Å²) in [7, 11) is 0. The van der Waals surface area contributed by atoms with Crippen molar-refractivity contribution in [3.05, 3.63) is 64.7 Å². The highest BCUT2D eigenvalue weighted by Crippen LogP contribution is 2.27. The van der Waals surface area contributed by atoms with E-state index in [0.717, 1.165) is 16.7 Å². The molecule has 0 amide bonds. The first-order valence-corrected chi connectivity index (χ1v) is 6.58. The lowest BCUT2D eigenvalue weighted by Crippen LogP contribution is -2.19. The first-order valence-electron chi connectivity index (χ1n) is 6.58. The van der Waals surface area contributed by atoms with Gasteiger partial charge in [-0.25, -0.2) is 0 Å². The van der Waals surface area contributed by atoms with Gasteiger partial charge >= 0.3 is 0 Å². The second-order valence-electron chi connectivity index (χ2n) is 4.79. The summed E-state index contributed by atoms with van der Waals surface area (Å²) in [5.74, 6) is 0.711. The van der Waals surface area contributed by atoms with Crippen LogP contribution in [0.5, 0.6) is 5.75 Å². The number of nitrogens with zero attached hydrogens (tertiary/aromatic N) is 1. The van der Waals surface area contributed by atoms with Crippen LogP contribution in [0.25, 0.3) is 0 Å². The predicted molar refractivity (Wildman–Crippen MR) is 79.5 cm³/mol. The van der Waals surface area contributed by atoms with Crippen molar-refractivity contribution in [1.82, 2.24) is 0 Å². The number of ether oxygens (including phenoxy) is 1. The Morgan fingerprint density at radius 1 is 1.15 bits per heavy atom. The van der Waals surface area contributed by atoms with Gasteiger partial charge in [-0.05, 0) is 42.7 Å². The highest BCUT2D eigenvalue weighted by atomic mass is 16.5. The molecule has 0 aliphatic heterocycles. The van der Waals surface area contributed by atoms with Gasteiger partial charge in [0.2, 0.25) is 0 Å². The van der Waals surface area contributed by atoms with Gasteiger partial charge in [0, 0.05) is 6.54 Å². The summed E-state index contributed by atoms with van der Waals surface area (Å²) in [6.07, 6.45) is -0.205. The fourth-order valence-corrected chi connectivity index (χ4v) is 2.14. The fraction of sp³-hybridized carbons (Fsp3) is 0.235. The van der Waals surface area contributed by atoms with E-state index in [0.29, 0.717) is 17.9 Å². The Kier molecular flexibility index (Phi) is 4.39. The predicted octanol–water partition coefficient (Wildman–Crippen LogP) is 3.25. The van der Waals surface area contributed by atoms with Gasteiger partial charge in [0.1, 0.15) is 11.9 Å². The molecule has 2 N–H and O–H groups in total. The van der Waals surface area contributed by atoms with Crippen molar-refractivity contribution in [3.63, 3.8) is 0 Å². The highest BCUT2D eigenvalue weighted by molar-refractivity contribution is 5.42. The molecule has 0 aromatic heterocycles. The topological polar surface area (TPSA) is 59.0 Å². The summed E-state index contributed by atoms with van der Waals surface area (Å²) < 4.78 is 6.03. The van der Waals surface area contributed by atoms with E-state index in [2.05, 4.69) is 6.07 Å². The zero-order chi connectivity index (χ0) is 14.5. The van der Waals surface area contributed by atoms with Crippen LogP contribution < -0.4 is 10.5 Å². The van der Waals surface area contributed by atoms with Crippen molar-refractivity contribution in [2.45, 2.75) is 20.0 Å². The number of benzene rings is 2. The van der Waals surface area contributed by atoms with Crippen LogP contribution in [0.4, 0.5) is 0 Å². The Balaban J connectivity index is 2.32. The van der Waals surface area contributed by atoms with E-state index < -0.39 is 0 Å². The van der Waals surface area contributed by atoms with Crippen molar-refractivity contribution in [3.8, 4) is 11.8 Å². The Hall–Kier alpha value is -2.31. The quantitative estimate of drug-likeness (QED) is 0.924. The molecule has 0 aliphatic carbocycles. The molecule has 102 valence electrons. The molecule has 0 spiro atoms. The monoisotopic (exact) mass is 266 g/mol. The molecule has 2 aromatic carbocycles. The van der Waals surface area contributed by atoms with E-state index >= 15 is 0 Å². The molecule has 0 bridgehead atoms. The van der Waals surface area contributed by atoms with Crippen LogP contribution in [0.2, 0.25) is 0 Å². The summed E-state index contributed by atoms with van der Waals surface area (Å²) in [4.78, 5) is 0. The zero-order valence-electron chi connectivity index (χ0n) is 11.8. The third kappa shape index (κ3) is 2.98. The van der Waals surface area contributed by atoms with Crippen LogP contribution in [-0.2, 0) is 0 Å². The molecule has 20 heavy (non-hydrogen) atoms. The molecule has 0 aliphatic rings. The average Bonchev–Trinajstić information content (AvgIpc) is 2.47. The first-order chi connectivity index (χ1) is 9.65. The lowest BCUT2D eigenvalue weighted by atomic mass is 10.0. The van der Waals surface area contributed by atoms with Gasteiger partial charge in [0.15, 0.2) is 0 Å². The number of hydrogen-bond donors (Lipinski definition) is 1. The van der Waals surface area contributed by atoms with Crippen LogP contribution >= 0.6 is 0 Å². The second kappa shape index (κ2) is 6.23. The Morgan fingerprint density at radius 2 is 1.90 bits per heavy atom. The lowest BCUT2D eigenvalue weighted by Gasteiger charge is -2.21. The number of nitrogens with two attached hydrogens (primary N) is 1. The average molecular weight is 266 g/mol. The molecule has 3 nitrogen and oxygen atoms in total. The first kappa shape index (κ1) is 14.1. The Labute approximate surface area is 119 Å². The van der Waals surface area contributed by atoms with Gasteiger partial charge in [0.25, 0.3) is 0 Å². The van der Waals surface area contributed by atoms with Gasteiger partial charge in [-0.2, -0.15) is 5.26 Å². The minimum atomic E-state index is -0.205. The smallest absolute Gasteiger partial charge is 0.136 e. The second-order valence-corrected chi connectivity index (χ2v) is 4.79. The molecular weight excluding hydrogens is 248 g/mol. The SMILES string of the molecule is Cc1ccc(C#N)cc1OC(CN)c1ccccc1C. The number of hydrogen-bond acceptors (Lipinski definition) is 3. The van der Waals surface area contributed by atoms with Crippen molar-refractivity contribution >= 4 is 0 Å². The van der Waals surface area contributed by atoms with E-state index in [4.69, 9.17) is 15.7 Å². The molecule has 3 heteroatoms. The van der Waals surface area contributed by atoms with Gasteiger partial charge in [0.05, 0.1) is 11.6 Å². The van der Waals surface area contributed by atoms with Crippen LogP contribution in [0.3, 0.4) is 0 Å². The van der Waals surface area contributed by atoms with E-state index in [-0.39, 0.29) is 6.10 Å².